The number of alkyl halides is 6. The van der Waals surface area contributed by atoms with Gasteiger partial charge in [0.1, 0.15) is 41.0 Å². The van der Waals surface area contributed by atoms with Crippen LogP contribution in [0.1, 0.15) is 75.9 Å². The molecule has 7 aromatic rings. The quantitative estimate of drug-likeness (QED) is 0.0799. The highest BCUT2D eigenvalue weighted by Gasteiger charge is 2.29. The molecule has 2 fully saturated rings. The minimum Gasteiger partial charge on any atom is -0.457 e. The highest BCUT2D eigenvalue weighted by molar-refractivity contribution is 9.10. The molecule has 5 aromatic carbocycles. The summed E-state index contributed by atoms with van der Waals surface area (Å²) in [5.41, 5.74) is 8.23. The van der Waals surface area contributed by atoms with Gasteiger partial charge in [-0.1, -0.05) is 15.9 Å². The number of carbonyl (C=O) groups excluding carboxylic acids is 2. The van der Waals surface area contributed by atoms with Crippen molar-refractivity contribution in [3.05, 3.63) is 130 Å². The van der Waals surface area contributed by atoms with E-state index in [1.165, 1.54) is 12.1 Å². The number of anilines is 2. The summed E-state index contributed by atoms with van der Waals surface area (Å²) in [6.07, 6.45) is -3.26. The number of nitrogens with zero attached hydrogens (tertiary/aromatic N) is 4. The first-order valence-corrected chi connectivity index (χ1v) is 22.6. The van der Waals surface area contributed by atoms with Gasteiger partial charge in [-0.25, -0.2) is 14.4 Å². The summed E-state index contributed by atoms with van der Waals surface area (Å²) < 4.78 is 100. The highest BCUT2D eigenvalue weighted by atomic mass is 79.9. The molecule has 11 nitrogen and oxygen atoms in total. The molecule has 0 spiro atoms. The van der Waals surface area contributed by atoms with Crippen LogP contribution < -0.4 is 26.0 Å². The normalized spacial score (nSPS) is 13.8. The Morgan fingerprint density at radius 3 is 1.57 bits per heavy atom. The molecule has 0 unspecified atom stereocenters. The van der Waals surface area contributed by atoms with Gasteiger partial charge in [0.05, 0.1) is 35.2 Å². The van der Waals surface area contributed by atoms with E-state index < -0.39 is 31.0 Å². The van der Waals surface area contributed by atoms with Gasteiger partial charge in [-0.2, -0.15) is 26.3 Å². The van der Waals surface area contributed by atoms with E-state index in [2.05, 4.69) is 47.2 Å². The summed E-state index contributed by atoms with van der Waals surface area (Å²) >= 11 is 3.42. The number of aryl methyl sites for hydroxylation is 3. The number of rotatable bonds is 14. The monoisotopic (exact) mass is 1010 g/mol. The van der Waals surface area contributed by atoms with E-state index in [0.717, 1.165) is 52.5 Å². The van der Waals surface area contributed by atoms with Crippen molar-refractivity contribution in [3.8, 4) is 22.9 Å². The first kappa shape index (κ1) is 47.8. The number of carbonyl (C=O) groups is 2. The lowest BCUT2D eigenvalue weighted by atomic mass is 10.1. The van der Waals surface area contributed by atoms with Crippen molar-refractivity contribution >= 4 is 61.2 Å². The van der Waals surface area contributed by atoms with E-state index in [1.807, 2.05) is 42.7 Å². The smallest absolute Gasteiger partial charge is 0.390 e. The zero-order chi connectivity index (χ0) is 48.5. The molecule has 2 aromatic heterocycles. The molecular formula is C49H46BrF7N8O3. The Balaban J connectivity index is 0.000000189. The molecule has 0 bridgehead atoms. The molecular weight excluding hydrogens is 961 g/mol. The van der Waals surface area contributed by atoms with Crippen LogP contribution in [0.15, 0.2) is 96.0 Å². The van der Waals surface area contributed by atoms with Crippen molar-refractivity contribution < 1.29 is 45.1 Å². The van der Waals surface area contributed by atoms with Crippen molar-refractivity contribution in [1.29, 1.82) is 0 Å². The molecule has 19 heteroatoms. The van der Waals surface area contributed by atoms with Gasteiger partial charge >= 0.3 is 12.4 Å². The Hall–Kier alpha value is -6.63. The van der Waals surface area contributed by atoms with Gasteiger partial charge in [-0.15, -0.1) is 0 Å². The average molecular weight is 1010 g/mol. The largest absolute Gasteiger partial charge is 0.457 e. The van der Waals surface area contributed by atoms with E-state index in [1.54, 1.807) is 66.6 Å². The fourth-order valence-electron chi connectivity index (χ4n) is 7.57. The summed E-state index contributed by atoms with van der Waals surface area (Å²) in [5.74, 6) is -0.0944. The number of halogens is 8. The van der Waals surface area contributed by atoms with Gasteiger partial charge in [0.25, 0.3) is 11.8 Å². The third kappa shape index (κ3) is 12.1. The second-order valence-corrected chi connectivity index (χ2v) is 17.9. The fourth-order valence-corrected chi connectivity index (χ4v) is 8.02. The summed E-state index contributed by atoms with van der Waals surface area (Å²) in [6, 6.07) is 22.5. The predicted molar refractivity (Wildman–Crippen MR) is 250 cm³/mol. The lowest BCUT2D eigenvalue weighted by Gasteiger charge is -2.14. The highest BCUT2D eigenvalue weighted by Crippen LogP contribution is 2.35. The van der Waals surface area contributed by atoms with Gasteiger partial charge in [0, 0.05) is 70.3 Å². The summed E-state index contributed by atoms with van der Waals surface area (Å²) in [7, 11) is 0. The maximum atomic E-state index is 13.9. The molecule has 4 N–H and O–H groups in total. The maximum Gasteiger partial charge on any atom is 0.390 e. The van der Waals surface area contributed by atoms with Crippen LogP contribution in [0, 0.1) is 26.6 Å². The van der Waals surface area contributed by atoms with Gasteiger partial charge in [0.15, 0.2) is 0 Å². The number of hydrogen-bond acceptors (Lipinski definition) is 7. The zero-order valence-corrected chi connectivity index (χ0v) is 38.6. The van der Waals surface area contributed by atoms with Crippen LogP contribution in [0.2, 0.25) is 0 Å². The topological polar surface area (TPSA) is 127 Å². The van der Waals surface area contributed by atoms with Crippen LogP contribution >= 0.6 is 15.9 Å². The predicted octanol–water partition coefficient (Wildman–Crippen LogP) is 12.2. The lowest BCUT2D eigenvalue weighted by molar-refractivity contribution is -0.132. The van der Waals surface area contributed by atoms with Gasteiger partial charge in [-0.05, 0) is 124 Å². The molecule has 2 aliphatic carbocycles. The molecule has 2 saturated carbocycles. The second kappa shape index (κ2) is 19.5. The number of amides is 2. The summed E-state index contributed by atoms with van der Waals surface area (Å²) in [5, 5.41) is 11.6. The minimum atomic E-state index is -4.32. The molecule has 0 saturated heterocycles. The molecule has 0 radical (unpaired) electrons. The molecule has 0 aliphatic heterocycles. The Labute approximate surface area is 394 Å². The SMILES string of the molecule is Cc1cc(-n2cnc3c(NCCC(F)(F)F)cc(Br)cc32)ccc1C(=O)NC1CC1.Cc1cc(F)cc(Oc2cc(NCCC(F)(F)F)c3ncn(-c4ccc(C(=O)NC5CC5)c(C)c4)c3c2)c1. The molecule has 356 valence electrons. The maximum absolute atomic E-state index is 13.9. The number of benzene rings is 5. The van der Waals surface area contributed by atoms with E-state index in [9.17, 15) is 40.3 Å². The Bertz CT molecular complexity index is 2990. The van der Waals surface area contributed by atoms with Crippen LogP contribution in [0.5, 0.6) is 11.5 Å². The first-order valence-electron chi connectivity index (χ1n) is 21.8. The number of imidazole rings is 2. The molecule has 0 atom stereocenters. The molecule has 9 rings (SSSR count). The fraction of sp³-hybridized carbons (Fsp3) is 0.306. The number of hydrogen-bond donors (Lipinski definition) is 4. The van der Waals surface area contributed by atoms with Gasteiger partial charge in [-0.3, -0.25) is 18.7 Å². The van der Waals surface area contributed by atoms with E-state index in [4.69, 9.17) is 4.74 Å². The van der Waals surface area contributed by atoms with Crippen molar-refractivity contribution in [2.24, 2.45) is 0 Å². The van der Waals surface area contributed by atoms with Crippen LogP contribution in [0.25, 0.3) is 33.4 Å². The number of fused-ring (bicyclic) bond motifs is 2. The Kier molecular flexibility index (Phi) is 13.7. The Morgan fingerprint density at radius 2 is 1.12 bits per heavy atom. The number of aromatic nitrogens is 4. The van der Waals surface area contributed by atoms with Crippen LogP contribution in [0.4, 0.5) is 42.1 Å². The standard InChI is InChI=1S/C28H26F4N4O2.C21H20BrF3N4O/c1-16-9-18(29)12-21(10-16)38-22-13-24(33-8-7-28(30,31)32)26-25(14-22)36(15-34-26)20-5-6-23(17(2)11-20)27(37)35-19-3-4-19;1-12-8-15(4-5-16(12)20(30)28-14-2-3-14)29-11-27-19-17(9-13(22)10-18(19)29)26-7-6-21(23,24)25/h5-6,9-15,19,33H,3-4,7-8H2,1-2H3,(H,35,37);4-5,8-11,14,26H,2-3,6-7H2,1H3,(H,28,30). The molecule has 2 aliphatic rings. The molecule has 68 heavy (non-hydrogen) atoms. The summed E-state index contributed by atoms with van der Waals surface area (Å²) in [4.78, 5) is 33.8. The van der Waals surface area contributed by atoms with Crippen molar-refractivity contribution in [3.63, 3.8) is 0 Å². The van der Waals surface area contributed by atoms with E-state index in [0.29, 0.717) is 56.1 Å². The lowest BCUT2D eigenvalue weighted by Crippen LogP contribution is -2.26. The van der Waals surface area contributed by atoms with E-state index in [-0.39, 0.29) is 42.7 Å². The third-order valence-corrected chi connectivity index (χ3v) is 11.7. The van der Waals surface area contributed by atoms with Crippen molar-refractivity contribution in [2.45, 2.75) is 83.7 Å². The molecule has 2 amide bonds. The first-order chi connectivity index (χ1) is 32.3. The van der Waals surface area contributed by atoms with Crippen LogP contribution in [-0.2, 0) is 0 Å². The van der Waals surface area contributed by atoms with Gasteiger partial charge < -0.3 is 26.0 Å². The van der Waals surface area contributed by atoms with Crippen LogP contribution in [-0.4, -0.2) is 68.4 Å². The minimum absolute atomic E-state index is 0.0732. The number of ether oxygens (including phenoxy) is 1. The number of nitrogens with one attached hydrogen (secondary N) is 4. The second-order valence-electron chi connectivity index (χ2n) is 17.0. The summed E-state index contributed by atoms with van der Waals surface area (Å²) in [6.45, 7) is 4.87. The Morgan fingerprint density at radius 1 is 0.647 bits per heavy atom. The van der Waals surface area contributed by atoms with Crippen molar-refractivity contribution in [2.75, 3.05) is 23.7 Å². The van der Waals surface area contributed by atoms with Crippen molar-refractivity contribution in [1.82, 2.24) is 29.7 Å². The third-order valence-electron chi connectivity index (χ3n) is 11.2. The molecule has 2 heterocycles. The van der Waals surface area contributed by atoms with E-state index >= 15 is 0 Å². The van der Waals surface area contributed by atoms with Gasteiger partial charge in [0.2, 0.25) is 0 Å². The van der Waals surface area contributed by atoms with Crippen LogP contribution in [0.3, 0.4) is 0 Å². The average Bonchev–Trinajstić information content (AvgIpc) is 4.16. The zero-order valence-electron chi connectivity index (χ0n) is 37.0.